The van der Waals surface area contributed by atoms with Crippen LogP contribution in [0.15, 0.2) is 0 Å². The van der Waals surface area contributed by atoms with Crippen molar-refractivity contribution in [3.05, 3.63) is 0 Å². The smallest absolute Gasteiger partial charge is 0.298 e. The predicted molar refractivity (Wildman–Crippen MR) is 76.8 cm³/mol. The number of hydrogen-bond acceptors (Lipinski definition) is 6. The first-order valence-corrected chi connectivity index (χ1v) is 7.52. The summed E-state index contributed by atoms with van der Waals surface area (Å²) < 4.78 is 0. The van der Waals surface area contributed by atoms with E-state index in [-0.39, 0.29) is 30.0 Å². The van der Waals surface area contributed by atoms with Gasteiger partial charge in [-0.1, -0.05) is 34.6 Å². The lowest BCUT2D eigenvalue weighted by atomic mass is 10.1. The van der Waals surface area contributed by atoms with E-state index in [1.807, 2.05) is 6.92 Å². The van der Waals surface area contributed by atoms with Crippen LogP contribution in [0.4, 0.5) is 0 Å². The molecule has 0 bridgehead atoms. The van der Waals surface area contributed by atoms with Crippen molar-refractivity contribution in [3.63, 3.8) is 0 Å². The average Bonchev–Trinajstić information content (AvgIpc) is 2.44. The minimum Gasteiger partial charge on any atom is -0.298 e. The summed E-state index contributed by atoms with van der Waals surface area (Å²) in [5.74, 6) is -1.22. The summed E-state index contributed by atoms with van der Waals surface area (Å²) in [5.41, 5.74) is 0. The van der Waals surface area contributed by atoms with E-state index < -0.39 is 5.97 Å². The number of rotatable bonds is 10. The predicted octanol–water partition coefficient (Wildman–Crippen LogP) is 3.20. The van der Waals surface area contributed by atoms with Gasteiger partial charge >= 0.3 is 11.9 Å². The minimum absolute atomic E-state index is 0.195. The molecule has 21 heavy (non-hydrogen) atoms. The molecule has 0 amide bonds. The van der Waals surface area contributed by atoms with Crippen molar-refractivity contribution in [2.75, 3.05) is 0 Å². The molecule has 0 aromatic rings. The first-order chi connectivity index (χ1) is 9.77. The molecule has 0 fully saturated rings. The van der Waals surface area contributed by atoms with Crippen LogP contribution in [0.3, 0.4) is 0 Å². The summed E-state index contributed by atoms with van der Waals surface area (Å²) in [7, 11) is 0. The van der Waals surface area contributed by atoms with Gasteiger partial charge in [-0.3, -0.25) is 9.78 Å². The number of carbonyl (C=O) groups is 2. The standard InChI is InChI=1S/C15H28O6/c1-7-13(19-21-15(17)11(4)5)9-8-12(6)18-20-14(16)10(2)3/h10-13H,7-9H2,1-6H3. The van der Waals surface area contributed by atoms with Crippen molar-refractivity contribution in [3.8, 4) is 0 Å². The third-order valence-electron chi connectivity index (χ3n) is 2.85. The molecule has 0 rings (SSSR count). The molecule has 0 aromatic carbocycles. The molecule has 0 saturated carbocycles. The first kappa shape index (κ1) is 19.9. The van der Waals surface area contributed by atoms with Crippen LogP contribution in [0, 0.1) is 11.8 Å². The topological polar surface area (TPSA) is 71.1 Å². The molecule has 0 N–H and O–H groups in total. The highest BCUT2D eigenvalue weighted by molar-refractivity contribution is 5.71. The van der Waals surface area contributed by atoms with Crippen LogP contribution in [-0.4, -0.2) is 24.1 Å². The summed E-state index contributed by atoms with van der Waals surface area (Å²) in [6.07, 6.45) is 1.54. The van der Waals surface area contributed by atoms with Crippen LogP contribution < -0.4 is 0 Å². The third kappa shape index (κ3) is 9.42. The Morgan fingerprint density at radius 2 is 1.29 bits per heavy atom. The van der Waals surface area contributed by atoms with E-state index in [4.69, 9.17) is 19.6 Å². The molecule has 0 saturated heterocycles. The van der Waals surface area contributed by atoms with Gasteiger partial charge in [0, 0.05) is 0 Å². The average molecular weight is 304 g/mol. The molecule has 0 aromatic heterocycles. The van der Waals surface area contributed by atoms with Crippen molar-refractivity contribution < 1.29 is 29.1 Å². The van der Waals surface area contributed by atoms with Gasteiger partial charge in [0.25, 0.3) is 0 Å². The Morgan fingerprint density at radius 3 is 1.71 bits per heavy atom. The largest absolute Gasteiger partial charge is 0.344 e. The Balaban J connectivity index is 3.93. The minimum atomic E-state index is -0.393. The van der Waals surface area contributed by atoms with Gasteiger partial charge in [0.05, 0.1) is 11.8 Å². The Labute approximate surface area is 126 Å². The maximum atomic E-state index is 11.3. The number of hydrogen-bond donors (Lipinski definition) is 0. The zero-order valence-electron chi connectivity index (χ0n) is 13.9. The lowest BCUT2D eigenvalue weighted by molar-refractivity contribution is -0.310. The van der Waals surface area contributed by atoms with Crippen LogP contribution in [0.2, 0.25) is 0 Å². The van der Waals surface area contributed by atoms with Crippen LogP contribution in [-0.2, 0) is 29.1 Å². The molecular weight excluding hydrogens is 276 g/mol. The summed E-state index contributed by atoms with van der Waals surface area (Å²) in [6.45, 7) is 10.7. The van der Waals surface area contributed by atoms with Gasteiger partial charge in [-0.25, -0.2) is 9.59 Å². The Bertz CT molecular complexity index is 313. The first-order valence-electron chi connectivity index (χ1n) is 7.52. The second kappa shape index (κ2) is 10.6. The molecule has 0 aliphatic carbocycles. The highest BCUT2D eigenvalue weighted by atomic mass is 17.2. The summed E-state index contributed by atoms with van der Waals surface area (Å²) in [4.78, 5) is 42.1. The SMILES string of the molecule is CCC(CCC(C)OOC(=O)C(C)C)OOC(=O)C(C)C. The molecule has 6 heteroatoms. The van der Waals surface area contributed by atoms with Crippen LogP contribution in [0.5, 0.6) is 0 Å². The van der Waals surface area contributed by atoms with Crippen molar-refractivity contribution in [2.24, 2.45) is 11.8 Å². The lowest BCUT2D eigenvalue weighted by Gasteiger charge is -2.17. The van der Waals surface area contributed by atoms with Crippen molar-refractivity contribution in [2.45, 2.75) is 73.0 Å². The van der Waals surface area contributed by atoms with Crippen LogP contribution >= 0.6 is 0 Å². The summed E-state index contributed by atoms with van der Waals surface area (Å²) >= 11 is 0. The van der Waals surface area contributed by atoms with E-state index in [0.717, 1.165) is 0 Å². The zero-order valence-corrected chi connectivity index (χ0v) is 13.9. The molecule has 0 aliphatic rings. The Kier molecular flexibility index (Phi) is 9.99. The number of carbonyl (C=O) groups excluding carboxylic acids is 2. The van der Waals surface area contributed by atoms with Crippen LogP contribution in [0.1, 0.15) is 60.8 Å². The summed E-state index contributed by atoms with van der Waals surface area (Å²) in [6, 6.07) is 0. The third-order valence-corrected chi connectivity index (χ3v) is 2.85. The van der Waals surface area contributed by atoms with Gasteiger partial charge in [-0.2, -0.15) is 9.78 Å². The fourth-order valence-electron chi connectivity index (χ4n) is 1.23. The normalized spacial score (nSPS) is 14.1. The molecule has 2 unspecified atom stereocenters. The second-order valence-electron chi connectivity index (χ2n) is 5.72. The fourth-order valence-corrected chi connectivity index (χ4v) is 1.23. The van der Waals surface area contributed by atoms with E-state index in [0.29, 0.717) is 19.3 Å². The lowest BCUT2D eigenvalue weighted by Crippen LogP contribution is -2.22. The van der Waals surface area contributed by atoms with Crippen molar-refractivity contribution in [1.29, 1.82) is 0 Å². The second-order valence-corrected chi connectivity index (χ2v) is 5.72. The van der Waals surface area contributed by atoms with Crippen molar-refractivity contribution in [1.82, 2.24) is 0 Å². The van der Waals surface area contributed by atoms with E-state index in [2.05, 4.69) is 0 Å². The molecule has 0 spiro atoms. The van der Waals surface area contributed by atoms with Gasteiger partial charge in [-0.05, 0) is 26.2 Å². The maximum absolute atomic E-state index is 11.3. The maximum Gasteiger partial charge on any atom is 0.344 e. The zero-order chi connectivity index (χ0) is 16.4. The Morgan fingerprint density at radius 1 is 0.810 bits per heavy atom. The van der Waals surface area contributed by atoms with Gasteiger partial charge in [0.15, 0.2) is 0 Å². The molecule has 2 atom stereocenters. The van der Waals surface area contributed by atoms with E-state index >= 15 is 0 Å². The van der Waals surface area contributed by atoms with Gasteiger partial charge in [0.2, 0.25) is 0 Å². The Hall–Kier alpha value is -1.14. The molecule has 124 valence electrons. The van der Waals surface area contributed by atoms with E-state index in [9.17, 15) is 9.59 Å². The van der Waals surface area contributed by atoms with Crippen LogP contribution in [0.25, 0.3) is 0 Å². The monoisotopic (exact) mass is 304 g/mol. The van der Waals surface area contributed by atoms with E-state index in [1.54, 1.807) is 34.6 Å². The van der Waals surface area contributed by atoms with Gasteiger partial charge in [-0.15, -0.1) is 0 Å². The molecule has 0 radical (unpaired) electrons. The quantitative estimate of drug-likeness (QED) is 0.456. The highest BCUT2D eigenvalue weighted by Crippen LogP contribution is 2.13. The molecule has 0 heterocycles. The summed E-state index contributed by atoms with van der Waals surface area (Å²) in [5, 5.41) is 0. The molecule has 6 nitrogen and oxygen atoms in total. The van der Waals surface area contributed by atoms with Gasteiger partial charge < -0.3 is 0 Å². The van der Waals surface area contributed by atoms with Gasteiger partial charge in [0.1, 0.15) is 12.2 Å². The molecule has 0 aliphatic heterocycles. The molecular formula is C15H28O6. The fraction of sp³-hybridized carbons (Fsp3) is 0.867. The van der Waals surface area contributed by atoms with Crippen molar-refractivity contribution >= 4 is 11.9 Å². The highest BCUT2D eigenvalue weighted by Gasteiger charge is 2.17. The van der Waals surface area contributed by atoms with E-state index in [1.165, 1.54) is 0 Å².